The lowest BCUT2D eigenvalue weighted by Crippen LogP contribution is -2.56. The van der Waals surface area contributed by atoms with Gasteiger partial charge in [0.25, 0.3) is 0 Å². The Morgan fingerprint density at radius 1 is 0.808 bits per heavy atom. The molecule has 152 valence electrons. The summed E-state index contributed by atoms with van der Waals surface area (Å²) >= 11 is 0. The van der Waals surface area contributed by atoms with Gasteiger partial charge in [0.15, 0.2) is 23.2 Å². The third-order valence-electron chi connectivity index (χ3n) is 2.25. The van der Waals surface area contributed by atoms with E-state index in [4.69, 9.17) is 13.0 Å². The average molecular weight is 433 g/mol. The van der Waals surface area contributed by atoms with Gasteiger partial charge in [-0.3, -0.25) is 0 Å². The highest BCUT2D eigenvalue weighted by Crippen LogP contribution is 2.21. The van der Waals surface area contributed by atoms with Gasteiger partial charge >= 0.3 is 26.7 Å². The molecule has 0 atom stereocenters. The first kappa shape index (κ1) is 25.0. The van der Waals surface area contributed by atoms with Crippen LogP contribution >= 0.6 is 0 Å². The number of hydrogen-bond donors (Lipinski definition) is 0. The lowest BCUT2D eigenvalue weighted by Gasteiger charge is -2.37. The zero-order valence-electron chi connectivity index (χ0n) is 16.2. The highest BCUT2D eigenvalue weighted by molar-refractivity contribution is 6.87. The van der Waals surface area contributed by atoms with Crippen LogP contribution in [0, 0.1) is 0 Å². The molecule has 0 unspecified atom stereocenters. The van der Waals surface area contributed by atoms with E-state index in [0.717, 1.165) is 6.08 Å². The molecule has 6 nitrogen and oxygen atoms in total. The van der Waals surface area contributed by atoms with Gasteiger partial charge in [0, 0.05) is 12.2 Å². The molecule has 0 heterocycles. The van der Waals surface area contributed by atoms with Gasteiger partial charge in [-0.05, 0) is 45.8 Å². The zero-order valence-corrected chi connectivity index (χ0v) is 19.2. The maximum Gasteiger partial charge on any atom is 0.422 e. The second kappa shape index (κ2) is 9.30. The minimum atomic E-state index is -4.63. The summed E-state index contributed by atoms with van der Waals surface area (Å²) in [7, 11) is -6.72. The lowest BCUT2D eigenvalue weighted by atomic mass is 10.5. The van der Waals surface area contributed by atoms with Crippen molar-refractivity contribution in [2.75, 3.05) is 12.8 Å². The highest BCUT2D eigenvalue weighted by atomic mass is 28.5. The second-order valence-electron chi connectivity index (χ2n) is 7.73. The Morgan fingerprint density at radius 3 is 1.54 bits per heavy atom. The van der Waals surface area contributed by atoms with Gasteiger partial charge in [0.1, 0.15) is 6.23 Å². The van der Waals surface area contributed by atoms with Crippen LogP contribution in [-0.2, 0) is 27.3 Å². The van der Waals surface area contributed by atoms with Crippen LogP contribution in [0.5, 0.6) is 0 Å². The van der Waals surface area contributed by atoms with E-state index in [2.05, 4.69) is 4.74 Å². The summed E-state index contributed by atoms with van der Waals surface area (Å²) < 4.78 is 57.1. The van der Waals surface area contributed by atoms with Crippen molar-refractivity contribution in [1.29, 1.82) is 0 Å². The number of rotatable bonds is 9. The van der Waals surface area contributed by atoms with Crippen molar-refractivity contribution in [2.45, 2.75) is 52.0 Å². The summed E-state index contributed by atoms with van der Waals surface area (Å²) in [5, 5.41) is 0. The second-order valence-corrected chi connectivity index (χ2v) is 20.4. The van der Waals surface area contributed by atoms with E-state index in [0.29, 0.717) is 6.08 Å². The predicted molar refractivity (Wildman–Crippen MR) is 97.6 cm³/mol. The maximum absolute atomic E-state index is 11.9. The summed E-state index contributed by atoms with van der Waals surface area (Å²) in [4.78, 5) is 22.8. The summed E-state index contributed by atoms with van der Waals surface area (Å²) in [5.41, 5.74) is 0. The first-order valence-corrected chi connectivity index (χ1v) is 17.2. The predicted octanol–water partition coefficient (Wildman–Crippen LogP) is 3.51. The molecule has 0 aromatic rings. The van der Waals surface area contributed by atoms with Gasteiger partial charge in [-0.1, -0.05) is 0 Å². The third kappa shape index (κ3) is 14.2. The largest absolute Gasteiger partial charge is 0.461 e. The number of carbonyl (C=O) groups is 2. The van der Waals surface area contributed by atoms with E-state index in [9.17, 15) is 22.8 Å². The Hall–Kier alpha value is -0.959. The SMILES string of the molecule is C[Si](C)(C)O[Si](C)(COC(=O)/C=C/C(=O)OCC(F)(F)F)O[Si](C)(C)C. The van der Waals surface area contributed by atoms with Crippen LogP contribution in [-0.4, -0.2) is 56.1 Å². The molecule has 26 heavy (non-hydrogen) atoms. The lowest BCUT2D eigenvalue weighted by molar-refractivity contribution is -0.182. The van der Waals surface area contributed by atoms with Gasteiger partial charge in [-0.25, -0.2) is 9.59 Å². The number of esters is 2. The molecule has 0 rings (SSSR count). The van der Waals surface area contributed by atoms with Gasteiger partial charge in [0.2, 0.25) is 0 Å². The molecular weight excluding hydrogens is 405 g/mol. The van der Waals surface area contributed by atoms with Crippen molar-refractivity contribution in [3.8, 4) is 0 Å². The van der Waals surface area contributed by atoms with E-state index < -0.39 is 49.9 Å². The molecule has 0 N–H and O–H groups in total. The average Bonchev–Trinajstić information content (AvgIpc) is 2.35. The molecule has 0 saturated carbocycles. The number of alkyl halides is 3. The van der Waals surface area contributed by atoms with E-state index in [1.165, 1.54) is 0 Å². The molecule has 0 radical (unpaired) electrons. The fraction of sp³-hybridized carbons (Fsp3) is 0.714. The Balaban J connectivity index is 4.74. The molecule has 0 saturated heterocycles. The van der Waals surface area contributed by atoms with Crippen LogP contribution in [0.3, 0.4) is 0 Å². The van der Waals surface area contributed by atoms with Gasteiger partial charge in [-0.2, -0.15) is 13.2 Å². The molecule has 0 aromatic carbocycles. The Kier molecular flexibility index (Phi) is 8.96. The molecule has 0 bridgehead atoms. The Bertz CT molecular complexity index is 507. The van der Waals surface area contributed by atoms with Crippen LogP contribution < -0.4 is 0 Å². The number of halogens is 3. The normalized spacial score (nSPS) is 13.8. The standard InChI is InChI=1S/C14H27F3O6Si3/c1-24(2,3)22-26(7,23-25(4,5)6)11-21-13(19)9-8-12(18)20-10-14(15,16)17/h8-9H,10-11H2,1-7H3/b9-8+. The fourth-order valence-electron chi connectivity index (χ4n) is 1.96. The highest BCUT2D eigenvalue weighted by Gasteiger charge is 2.41. The molecule has 0 aliphatic rings. The van der Waals surface area contributed by atoms with Crippen molar-refractivity contribution < 1.29 is 40.5 Å². The van der Waals surface area contributed by atoms with Crippen LogP contribution in [0.4, 0.5) is 13.2 Å². The molecule has 0 spiro atoms. The smallest absolute Gasteiger partial charge is 0.422 e. The molecule has 0 aromatic heterocycles. The van der Waals surface area contributed by atoms with Crippen molar-refractivity contribution in [3.05, 3.63) is 12.2 Å². The summed E-state index contributed by atoms with van der Waals surface area (Å²) in [6, 6.07) is 0. The van der Waals surface area contributed by atoms with Crippen LogP contribution in [0.25, 0.3) is 0 Å². The third-order valence-corrected chi connectivity index (χ3v) is 11.3. The number of ether oxygens (including phenoxy) is 2. The Labute approximate surface area is 155 Å². The van der Waals surface area contributed by atoms with Crippen LogP contribution in [0.1, 0.15) is 0 Å². The fourth-order valence-corrected chi connectivity index (χ4v) is 13.7. The van der Waals surface area contributed by atoms with Crippen molar-refractivity contribution >= 4 is 37.1 Å². The van der Waals surface area contributed by atoms with E-state index in [1.807, 2.05) is 39.3 Å². The van der Waals surface area contributed by atoms with Gasteiger partial charge < -0.3 is 17.7 Å². The first-order chi connectivity index (χ1) is 11.4. The van der Waals surface area contributed by atoms with Crippen molar-refractivity contribution in [2.24, 2.45) is 0 Å². The molecular formula is C14H27F3O6Si3. The van der Waals surface area contributed by atoms with E-state index >= 15 is 0 Å². The molecule has 0 aliphatic carbocycles. The summed E-state index contributed by atoms with van der Waals surface area (Å²) in [5.74, 6) is -2.16. The summed E-state index contributed by atoms with van der Waals surface area (Å²) in [6.07, 6.45) is -3.40. The number of hydrogen-bond acceptors (Lipinski definition) is 6. The van der Waals surface area contributed by atoms with Crippen LogP contribution in [0.2, 0.25) is 45.8 Å². The summed E-state index contributed by atoms with van der Waals surface area (Å²) in [6.45, 7) is 12.0. The minimum Gasteiger partial charge on any atom is -0.461 e. The monoisotopic (exact) mass is 432 g/mol. The van der Waals surface area contributed by atoms with Gasteiger partial charge in [0.05, 0.1) is 0 Å². The van der Waals surface area contributed by atoms with Crippen LogP contribution in [0.15, 0.2) is 12.2 Å². The first-order valence-electron chi connectivity index (χ1n) is 7.90. The molecule has 0 fully saturated rings. The van der Waals surface area contributed by atoms with Crippen molar-refractivity contribution in [1.82, 2.24) is 0 Å². The number of carbonyl (C=O) groups excluding carboxylic acids is 2. The topological polar surface area (TPSA) is 71.1 Å². The molecule has 0 aliphatic heterocycles. The molecule has 12 heteroatoms. The quantitative estimate of drug-likeness (QED) is 0.315. The molecule has 0 amide bonds. The van der Waals surface area contributed by atoms with E-state index in [1.54, 1.807) is 6.55 Å². The maximum atomic E-state index is 11.9. The van der Waals surface area contributed by atoms with Crippen molar-refractivity contribution in [3.63, 3.8) is 0 Å². The van der Waals surface area contributed by atoms with Gasteiger partial charge in [-0.15, -0.1) is 0 Å². The zero-order chi connectivity index (χ0) is 20.8. The minimum absolute atomic E-state index is 0.0810. The van der Waals surface area contributed by atoms with E-state index in [-0.39, 0.29) is 6.23 Å². The Morgan fingerprint density at radius 2 is 1.19 bits per heavy atom.